The standard InChI is InChI=1S/C16H23N3/c1-13-3-5-14(6-4-13)7-8-15(17)9-10-16-18-11-12-19(16)2/h3-6,11-12,15H,7-10,17H2,1-2H3. The maximum atomic E-state index is 6.18. The van der Waals surface area contributed by atoms with Crippen LogP contribution in [-0.4, -0.2) is 15.6 Å². The van der Waals surface area contributed by atoms with Gasteiger partial charge in [0.1, 0.15) is 5.82 Å². The highest BCUT2D eigenvalue weighted by molar-refractivity contribution is 5.21. The third-order valence-corrected chi connectivity index (χ3v) is 3.58. The Morgan fingerprint density at radius 1 is 1.16 bits per heavy atom. The first-order valence-electron chi connectivity index (χ1n) is 6.92. The second kappa shape index (κ2) is 6.53. The Balaban J connectivity index is 1.74. The highest BCUT2D eigenvalue weighted by Gasteiger charge is 2.06. The molecule has 0 aliphatic rings. The molecule has 0 aliphatic heterocycles. The van der Waals surface area contributed by atoms with E-state index in [1.54, 1.807) is 0 Å². The minimum absolute atomic E-state index is 0.248. The zero-order chi connectivity index (χ0) is 13.7. The van der Waals surface area contributed by atoms with Crippen molar-refractivity contribution in [1.82, 2.24) is 9.55 Å². The summed E-state index contributed by atoms with van der Waals surface area (Å²) in [7, 11) is 2.03. The summed E-state index contributed by atoms with van der Waals surface area (Å²) in [4.78, 5) is 4.32. The number of hydrogen-bond donors (Lipinski definition) is 1. The molecule has 0 saturated heterocycles. The predicted molar refractivity (Wildman–Crippen MR) is 79.0 cm³/mol. The number of aromatic nitrogens is 2. The predicted octanol–water partition coefficient (Wildman–Crippen LogP) is 2.62. The van der Waals surface area contributed by atoms with Gasteiger partial charge in [-0.1, -0.05) is 29.8 Å². The molecule has 1 heterocycles. The first-order chi connectivity index (χ1) is 9.15. The van der Waals surface area contributed by atoms with E-state index in [-0.39, 0.29) is 6.04 Å². The summed E-state index contributed by atoms with van der Waals surface area (Å²) in [6.07, 6.45) is 7.87. The lowest BCUT2D eigenvalue weighted by Crippen LogP contribution is -2.22. The van der Waals surface area contributed by atoms with Crippen molar-refractivity contribution >= 4 is 0 Å². The van der Waals surface area contributed by atoms with E-state index in [0.29, 0.717) is 0 Å². The van der Waals surface area contributed by atoms with E-state index in [4.69, 9.17) is 5.73 Å². The fourth-order valence-electron chi connectivity index (χ4n) is 2.20. The average molecular weight is 257 g/mol. The van der Waals surface area contributed by atoms with Crippen molar-refractivity contribution in [3.05, 3.63) is 53.6 Å². The highest BCUT2D eigenvalue weighted by Crippen LogP contribution is 2.09. The van der Waals surface area contributed by atoms with E-state index < -0.39 is 0 Å². The van der Waals surface area contributed by atoms with Crippen LogP contribution in [0.1, 0.15) is 29.8 Å². The number of imidazole rings is 1. The van der Waals surface area contributed by atoms with Gasteiger partial charge in [0.2, 0.25) is 0 Å². The zero-order valence-electron chi connectivity index (χ0n) is 11.8. The molecule has 1 unspecified atom stereocenters. The Morgan fingerprint density at radius 2 is 1.84 bits per heavy atom. The monoisotopic (exact) mass is 257 g/mol. The van der Waals surface area contributed by atoms with Crippen molar-refractivity contribution in [1.29, 1.82) is 0 Å². The second-order valence-corrected chi connectivity index (χ2v) is 5.28. The summed E-state index contributed by atoms with van der Waals surface area (Å²) in [5.74, 6) is 1.12. The lowest BCUT2D eigenvalue weighted by molar-refractivity contribution is 0.554. The molecule has 2 aromatic rings. The molecule has 0 fully saturated rings. The van der Waals surface area contributed by atoms with E-state index in [1.165, 1.54) is 11.1 Å². The molecule has 19 heavy (non-hydrogen) atoms. The fourth-order valence-corrected chi connectivity index (χ4v) is 2.20. The van der Waals surface area contributed by atoms with Crippen LogP contribution in [-0.2, 0) is 19.9 Å². The van der Waals surface area contributed by atoms with E-state index in [2.05, 4.69) is 40.7 Å². The third kappa shape index (κ3) is 4.21. The van der Waals surface area contributed by atoms with Crippen molar-refractivity contribution in [2.75, 3.05) is 0 Å². The van der Waals surface area contributed by atoms with Crippen molar-refractivity contribution in [3.63, 3.8) is 0 Å². The zero-order valence-corrected chi connectivity index (χ0v) is 11.8. The number of hydrogen-bond acceptors (Lipinski definition) is 2. The molecule has 0 aliphatic carbocycles. The van der Waals surface area contributed by atoms with Crippen LogP contribution in [0.4, 0.5) is 0 Å². The van der Waals surface area contributed by atoms with Crippen molar-refractivity contribution < 1.29 is 0 Å². The smallest absolute Gasteiger partial charge is 0.108 e. The van der Waals surface area contributed by atoms with Crippen LogP contribution in [0.5, 0.6) is 0 Å². The molecule has 102 valence electrons. The highest BCUT2D eigenvalue weighted by atomic mass is 15.0. The Morgan fingerprint density at radius 3 is 2.47 bits per heavy atom. The summed E-state index contributed by atoms with van der Waals surface area (Å²) < 4.78 is 2.06. The maximum Gasteiger partial charge on any atom is 0.108 e. The molecule has 0 radical (unpaired) electrons. The Kier molecular flexibility index (Phi) is 4.74. The minimum atomic E-state index is 0.248. The van der Waals surface area contributed by atoms with Gasteiger partial charge in [-0.05, 0) is 31.7 Å². The van der Waals surface area contributed by atoms with Gasteiger partial charge in [0.15, 0.2) is 0 Å². The van der Waals surface area contributed by atoms with Crippen LogP contribution in [0.2, 0.25) is 0 Å². The van der Waals surface area contributed by atoms with Gasteiger partial charge in [-0.25, -0.2) is 4.98 Å². The van der Waals surface area contributed by atoms with Gasteiger partial charge in [0.05, 0.1) is 0 Å². The lowest BCUT2D eigenvalue weighted by Gasteiger charge is -2.11. The van der Waals surface area contributed by atoms with Crippen molar-refractivity contribution in [2.24, 2.45) is 12.8 Å². The van der Waals surface area contributed by atoms with Gasteiger partial charge in [-0.2, -0.15) is 0 Å². The van der Waals surface area contributed by atoms with Crippen LogP contribution < -0.4 is 5.73 Å². The molecule has 0 amide bonds. The van der Waals surface area contributed by atoms with Crippen LogP contribution >= 0.6 is 0 Å². The minimum Gasteiger partial charge on any atom is -0.338 e. The molecule has 3 heteroatoms. The van der Waals surface area contributed by atoms with Crippen LogP contribution in [0.15, 0.2) is 36.7 Å². The fraction of sp³-hybridized carbons (Fsp3) is 0.438. The number of rotatable bonds is 6. The molecular weight excluding hydrogens is 234 g/mol. The van der Waals surface area contributed by atoms with Crippen LogP contribution in [0.3, 0.4) is 0 Å². The molecule has 3 nitrogen and oxygen atoms in total. The molecule has 0 bridgehead atoms. The van der Waals surface area contributed by atoms with E-state index in [1.807, 2.05) is 19.4 Å². The largest absolute Gasteiger partial charge is 0.338 e. The number of nitrogens with two attached hydrogens (primary N) is 1. The summed E-state index contributed by atoms with van der Waals surface area (Å²) in [5, 5.41) is 0. The van der Waals surface area contributed by atoms with E-state index >= 15 is 0 Å². The quantitative estimate of drug-likeness (QED) is 0.864. The van der Waals surface area contributed by atoms with Crippen LogP contribution in [0.25, 0.3) is 0 Å². The topological polar surface area (TPSA) is 43.8 Å². The number of aryl methyl sites for hydroxylation is 4. The molecule has 2 rings (SSSR count). The Bertz CT molecular complexity index is 499. The first kappa shape index (κ1) is 13.8. The van der Waals surface area contributed by atoms with Gasteiger partial charge in [-0.3, -0.25) is 0 Å². The third-order valence-electron chi connectivity index (χ3n) is 3.58. The summed E-state index contributed by atoms with van der Waals surface area (Å²) in [6, 6.07) is 8.96. The lowest BCUT2D eigenvalue weighted by atomic mass is 10.0. The molecule has 0 saturated carbocycles. The molecule has 0 spiro atoms. The van der Waals surface area contributed by atoms with E-state index in [9.17, 15) is 0 Å². The van der Waals surface area contributed by atoms with Gasteiger partial charge >= 0.3 is 0 Å². The average Bonchev–Trinajstić information content (AvgIpc) is 2.81. The number of nitrogens with zero attached hydrogens (tertiary/aromatic N) is 2. The van der Waals surface area contributed by atoms with Crippen molar-refractivity contribution in [2.45, 2.75) is 38.6 Å². The molecule has 1 atom stereocenters. The summed E-state index contributed by atoms with van der Waals surface area (Å²) in [6.45, 7) is 2.11. The van der Waals surface area contributed by atoms with Gasteiger partial charge < -0.3 is 10.3 Å². The maximum absolute atomic E-state index is 6.18. The second-order valence-electron chi connectivity index (χ2n) is 5.28. The molecule has 1 aromatic heterocycles. The van der Waals surface area contributed by atoms with Gasteiger partial charge in [-0.15, -0.1) is 0 Å². The summed E-state index contributed by atoms with van der Waals surface area (Å²) in [5.41, 5.74) is 8.86. The Labute approximate surface area is 115 Å². The summed E-state index contributed by atoms with van der Waals surface area (Å²) >= 11 is 0. The normalized spacial score (nSPS) is 12.6. The van der Waals surface area contributed by atoms with Crippen LogP contribution in [0, 0.1) is 6.92 Å². The van der Waals surface area contributed by atoms with Gasteiger partial charge in [0, 0.05) is 31.9 Å². The SMILES string of the molecule is Cc1ccc(CCC(N)CCc2nccn2C)cc1. The first-order valence-corrected chi connectivity index (χ1v) is 6.92. The molecular formula is C16H23N3. The van der Waals surface area contributed by atoms with E-state index in [0.717, 1.165) is 31.5 Å². The molecule has 2 N–H and O–H groups in total. The Hall–Kier alpha value is -1.61. The molecule has 1 aromatic carbocycles. The van der Waals surface area contributed by atoms with Gasteiger partial charge in [0.25, 0.3) is 0 Å². The number of benzene rings is 1. The van der Waals surface area contributed by atoms with Crippen molar-refractivity contribution in [3.8, 4) is 0 Å².